The van der Waals surface area contributed by atoms with Gasteiger partial charge in [-0.05, 0) is 18.2 Å². The van der Waals surface area contributed by atoms with Gasteiger partial charge in [0.25, 0.3) is 5.91 Å². The molecule has 0 unspecified atom stereocenters. The van der Waals surface area contributed by atoms with Crippen molar-refractivity contribution in [2.75, 3.05) is 14.2 Å². The van der Waals surface area contributed by atoms with Crippen LogP contribution in [0, 0.1) is 0 Å². The largest absolute Gasteiger partial charge is 0.465 e. The van der Waals surface area contributed by atoms with Crippen LogP contribution in [0.1, 0.15) is 20.8 Å². The van der Waals surface area contributed by atoms with E-state index >= 15 is 0 Å². The lowest BCUT2D eigenvalue weighted by molar-refractivity contribution is 0.0600. The number of rotatable bonds is 3. The number of esters is 1. The Morgan fingerprint density at radius 2 is 2.16 bits per heavy atom. The second-order valence-corrected chi connectivity index (χ2v) is 3.62. The third kappa shape index (κ3) is 2.59. The molecule has 2 rings (SSSR count). The smallest absolute Gasteiger partial charge is 0.338 e. The molecule has 1 N–H and O–H groups in total. The van der Waals surface area contributed by atoms with Gasteiger partial charge in [-0.2, -0.15) is 5.10 Å². The topological polar surface area (TPSA) is 86.1 Å². The highest BCUT2D eigenvalue weighted by molar-refractivity contribution is 5.92. The van der Waals surface area contributed by atoms with Crippen molar-refractivity contribution in [2.24, 2.45) is 0 Å². The van der Waals surface area contributed by atoms with Crippen LogP contribution in [0.5, 0.6) is 0 Å². The molecule has 2 aromatic heterocycles. The van der Waals surface area contributed by atoms with Crippen molar-refractivity contribution >= 4 is 11.9 Å². The maximum Gasteiger partial charge on any atom is 0.338 e. The number of aromatic nitrogens is 3. The average molecular weight is 260 g/mol. The number of amides is 1. The predicted octanol–water partition coefficient (Wildman–Crippen LogP) is 0.413. The molecule has 0 saturated carbocycles. The normalized spacial score (nSPS) is 10.0. The molecular weight excluding hydrogens is 248 g/mol. The minimum absolute atomic E-state index is 0.271. The first kappa shape index (κ1) is 12.7. The summed E-state index contributed by atoms with van der Waals surface area (Å²) in [5.74, 6) is -0.316. The molecule has 0 saturated heterocycles. The van der Waals surface area contributed by atoms with E-state index in [1.165, 1.54) is 31.1 Å². The van der Waals surface area contributed by atoms with Crippen molar-refractivity contribution in [3.05, 3.63) is 41.9 Å². The molecule has 0 aromatic carbocycles. The summed E-state index contributed by atoms with van der Waals surface area (Å²) in [6.45, 7) is 0. The summed E-state index contributed by atoms with van der Waals surface area (Å²) >= 11 is 0. The number of hydrogen-bond donors (Lipinski definition) is 1. The van der Waals surface area contributed by atoms with Crippen LogP contribution in [0.25, 0.3) is 5.82 Å². The van der Waals surface area contributed by atoms with E-state index in [9.17, 15) is 9.59 Å². The molecule has 0 aliphatic rings. The molecule has 0 bridgehead atoms. The van der Waals surface area contributed by atoms with Gasteiger partial charge in [0, 0.05) is 19.4 Å². The average Bonchev–Trinajstić information content (AvgIpc) is 2.95. The maximum atomic E-state index is 11.4. The highest BCUT2D eigenvalue weighted by Crippen LogP contribution is 2.08. The van der Waals surface area contributed by atoms with Crippen LogP contribution in [0.15, 0.2) is 30.6 Å². The van der Waals surface area contributed by atoms with Crippen LogP contribution in [-0.2, 0) is 4.74 Å². The second kappa shape index (κ2) is 5.30. The Morgan fingerprint density at radius 3 is 2.84 bits per heavy atom. The fourth-order valence-electron chi connectivity index (χ4n) is 1.49. The zero-order valence-electron chi connectivity index (χ0n) is 10.5. The summed E-state index contributed by atoms with van der Waals surface area (Å²) in [7, 11) is 2.83. The molecule has 7 nitrogen and oxygen atoms in total. The van der Waals surface area contributed by atoms with Crippen molar-refractivity contribution in [2.45, 2.75) is 0 Å². The van der Waals surface area contributed by atoms with E-state index in [-0.39, 0.29) is 11.6 Å². The first-order chi connectivity index (χ1) is 9.15. The van der Waals surface area contributed by atoms with E-state index in [0.717, 1.165) is 0 Å². The zero-order chi connectivity index (χ0) is 13.8. The summed E-state index contributed by atoms with van der Waals surface area (Å²) in [5.41, 5.74) is 0.636. The molecule has 0 aliphatic heterocycles. The maximum absolute atomic E-state index is 11.4. The highest BCUT2D eigenvalue weighted by atomic mass is 16.5. The van der Waals surface area contributed by atoms with Gasteiger partial charge in [0.1, 0.15) is 0 Å². The SMILES string of the molecule is CNC(=O)c1ccn(-c2cc(C(=O)OC)ccn2)n1. The molecule has 0 aliphatic carbocycles. The van der Waals surface area contributed by atoms with Crippen molar-refractivity contribution in [1.82, 2.24) is 20.1 Å². The number of carbonyl (C=O) groups is 2. The summed E-state index contributed by atoms with van der Waals surface area (Å²) in [6.07, 6.45) is 3.07. The molecule has 0 atom stereocenters. The van der Waals surface area contributed by atoms with Gasteiger partial charge in [-0.25, -0.2) is 14.5 Å². The summed E-state index contributed by atoms with van der Waals surface area (Å²) in [5, 5.41) is 6.54. The molecule has 19 heavy (non-hydrogen) atoms. The van der Waals surface area contributed by atoms with Gasteiger partial charge in [-0.15, -0.1) is 0 Å². The molecule has 0 spiro atoms. The molecule has 2 aromatic rings. The Bertz CT molecular complexity index is 621. The van der Waals surface area contributed by atoms with Gasteiger partial charge in [0.15, 0.2) is 11.5 Å². The number of methoxy groups -OCH3 is 1. The fourth-order valence-corrected chi connectivity index (χ4v) is 1.49. The predicted molar refractivity (Wildman–Crippen MR) is 66.1 cm³/mol. The Kier molecular flexibility index (Phi) is 3.56. The van der Waals surface area contributed by atoms with E-state index < -0.39 is 5.97 Å². The minimum Gasteiger partial charge on any atom is -0.465 e. The molecule has 7 heteroatoms. The number of pyridine rings is 1. The third-order valence-corrected chi connectivity index (χ3v) is 2.45. The molecule has 0 fully saturated rings. The third-order valence-electron chi connectivity index (χ3n) is 2.45. The summed E-state index contributed by atoms with van der Waals surface area (Å²) in [4.78, 5) is 26.9. The van der Waals surface area contributed by atoms with Crippen LogP contribution < -0.4 is 5.32 Å². The van der Waals surface area contributed by atoms with Crippen LogP contribution >= 0.6 is 0 Å². The lowest BCUT2D eigenvalue weighted by atomic mass is 10.2. The van der Waals surface area contributed by atoms with Gasteiger partial charge < -0.3 is 10.1 Å². The molecule has 2 heterocycles. The lowest BCUT2D eigenvalue weighted by Crippen LogP contribution is -2.18. The minimum atomic E-state index is -0.456. The second-order valence-electron chi connectivity index (χ2n) is 3.62. The lowest BCUT2D eigenvalue weighted by Gasteiger charge is -2.03. The summed E-state index contributed by atoms with van der Waals surface area (Å²) < 4.78 is 6.04. The van der Waals surface area contributed by atoms with Gasteiger partial charge in [-0.1, -0.05) is 0 Å². The first-order valence-electron chi connectivity index (χ1n) is 5.48. The van der Waals surface area contributed by atoms with Crippen LogP contribution in [-0.4, -0.2) is 40.8 Å². The summed E-state index contributed by atoms with van der Waals surface area (Å²) in [6, 6.07) is 4.64. The van der Waals surface area contributed by atoms with Crippen molar-refractivity contribution < 1.29 is 14.3 Å². The fraction of sp³-hybridized carbons (Fsp3) is 0.167. The van der Waals surface area contributed by atoms with Gasteiger partial charge >= 0.3 is 5.97 Å². The number of nitrogens with zero attached hydrogens (tertiary/aromatic N) is 3. The Morgan fingerprint density at radius 1 is 1.37 bits per heavy atom. The van der Waals surface area contributed by atoms with Crippen LogP contribution in [0.3, 0.4) is 0 Å². The number of nitrogens with one attached hydrogen (secondary N) is 1. The monoisotopic (exact) mass is 260 g/mol. The van der Waals surface area contributed by atoms with E-state index in [1.807, 2.05) is 0 Å². The number of ether oxygens (including phenoxy) is 1. The van der Waals surface area contributed by atoms with E-state index in [0.29, 0.717) is 11.4 Å². The Balaban J connectivity index is 2.34. The molecule has 1 amide bonds. The van der Waals surface area contributed by atoms with Gasteiger partial charge in [-0.3, -0.25) is 4.79 Å². The Hall–Kier alpha value is -2.70. The van der Waals surface area contributed by atoms with E-state index in [1.54, 1.807) is 18.3 Å². The van der Waals surface area contributed by atoms with Crippen molar-refractivity contribution in [3.63, 3.8) is 0 Å². The molecular formula is C12H12N4O3. The quantitative estimate of drug-likeness (QED) is 0.808. The van der Waals surface area contributed by atoms with Gasteiger partial charge in [0.05, 0.1) is 12.7 Å². The van der Waals surface area contributed by atoms with Crippen LogP contribution in [0.4, 0.5) is 0 Å². The number of hydrogen-bond acceptors (Lipinski definition) is 5. The van der Waals surface area contributed by atoms with E-state index in [4.69, 9.17) is 0 Å². The molecule has 0 radical (unpaired) electrons. The molecule has 98 valence electrons. The van der Waals surface area contributed by atoms with E-state index in [2.05, 4.69) is 20.1 Å². The first-order valence-corrected chi connectivity index (χ1v) is 5.48. The Labute approximate surface area is 109 Å². The highest BCUT2D eigenvalue weighted by Gasteiger charge is 2.11. The van der Waals surface area contributed by atoms with Gasteiger partial charge in [0.2, 0.25) is 0 Å². The van der Waals surface area contributed by atoms with Crippen LogP contribution in [0.2, 0.25) is 0 Å². The van der Waals surface area contributed by atoms with Crippen molar-refractivity contribution in [1.29, 1.82) is 0 Å². The van der Waals surface area contributed by atoms with Crippen molar-refractivity contribution in [3.8, 4) is 5.82 Å². The standard InChI is InChI=1S/C12H12N4O3/c1-13-11(17)9-4-6-16(15-9)10-7-8(3-5-14-10)12(18)19-2/h3-7H,1-2H3,(H,13,17). The number of carbonyl (C=O) groups excluding carboxylic acids is 2. The zero-order valence-corrected chi connectivity index (χ0v) is 10.5.